The molecule has 0 saturated carbocycles. The van der Waals surface area contributed by atoms with Crippen LogP contribution in [0.3, 0.4) is 0 Å². The summed E-state index contributed by atoms with van der Waals surface area (Å²) in [7, 11) is 0. The van der Waals surface area contributed by atoms with E-state index in [9.17, 15) is 5.11 Å². The number of benzene rings is 1. The van der Waals surface area contributed by atoms with Crippen molar-refractivity contribution in [3.63, 3.8) is 0 Å². The van der Waals surface area contributed by atoms with Gasteiger partial charge < -0.3 is 5.11 Å². The second-order valence-electron chi connectivity index (χ2n) is 5.97. The molecule has 1 aromatic rings. The summed E-state index contributed by atoms with van der Waals surface area (Å²) in [6.07, 6.45) is 1.95. The molecule has 0 radical (unpaired) electrons. The van der Waals surface area contributed by atoms with Crippen LogP contribution in [-0.4, -0.2) is 29.2 Å². The zero-order valence-corrected chi connectivity index (χ0v) is 11.5. The predicted octanol–water partition coefficient (Wildman–Crippen LogP) is 2.92. The van der Waals surface area contributed by atoms with Crippen molar-refractivity contribution < 1.29 is 5.11 Å². The van der Waals surface area contributed by atoms with Gasteiger partial charge in [-0.3, -0.25) is 4.90 Å². The normalized spacial score (nSPS) is 22.6. The Hall–Kier alpha value is -0.860. The second kappa shape index (κ2) is 6.35. The lowest BCUT2D eigenvalue weighted by atomic mass is 9.94. The van der Waals surface area contributed by atoms with Crippen molar-refractivity contribution in [2.24, 2.45) is 11.8 Å². The van der Waals surface area contributed by atoms with Crippen LogP contribution in [0.25, 0.3) is 0 Å². The third kappa shape index (κ3) is 3.82. The maximum Gasteiger partial charge on any atom is 0.0583 e. The molecule has 0 aromatic heterocycles. The van der Waals surface area contributed by atoms with E-state index < -0.39 is 0 Å². The molecule has 1 saturated heterocycles. The fraction of sp³-hybridized carbons (Fsp3) is 0.625. The summed E-state index contributed by atoms with van der Waals surface area (Å²) in [6.45, 7) is 7.54. The van der Waals surface area contributed by atoms with E-state index in [2.05, 4.69) is 49.1 Å². The molecule has 2 rings (SSSR count). The van der Waals surface area contributed by atoms with Crippen molar-refractivity contribution >= 4 is 0 Å². The molecule has 2 nitrogen and oxygen atoms in total. The SMILES string of the molecule is CC(C)C[C@H](O)[C@H]1CCN(Cc2ccccc2)C1. The van der Waals surface area contributed by atoms with Gasteiger partial charge in [0.15, 0.2) is 0 Å². The molecular formula is C16H25NO. The lowest BCUT2D eigenvalue weighted by Crippen LogP contribution is -2.26. The number of likely N-dealkylation sites (tertiary alicyclic amines) is 1. The van der Waals surface area contributed by atoms with E-state index in [4.69, 9.17) is 0 Å². The van der Waals surface area contributed by atoms with E-state index in [1.807, 2.05) is 0 Å². The molecule has 0 spiro atoms. The summed E-state index contributed by atoms with van der Waals surface area (Å²) in [6, 6.07) is 10.6. The number of aliphatic hydroxyl groups excluding tert-OH is 1. The summed E-state index contributed by atoms with van der Waals surface area (Å²) in [5.41, 5.74) is 1.37. The van der Waals surface area contributed by atoms with E-state index in [0.29, 0.717) is 11.8 Å². The third-order valence-electron chi connectivity index (χ3n) is 3.81. The number of aliphatic hydroxyl groups is 1. The minimum atomic E-state index is -0.120. The highest BCUT2D eigenvalue weighted by atomic mass is 16.3. The quantitative estimate of drug-likeness (QED) is 0.865. The molecule has 0 bridgehead atoms. The van der Waals surface area contributed by atoms with Crippen molar-refractivity contribution in [1.29, 1.82) is 0 Å². The fourth-order valence-electron chi connectivity index (χ4n) is 2.84. The Kier molecular flexibility index (Phi) is 4.79. The topological polar surface area (TPSA) is 23.5 Å². The molecule has 1 fully saturated rings. The van der Waals surface area contributed by atoms with Crippen LogP contribution in [0.5, 0.6) is 0 Å². The molecular weight excluding hydrogens is 222 g/mol. The van der Waals surface area contributed by atoms with Crippen LogP contribution in [-0.2, 0) is 6.54 Å². The van der Waals surface area contributed by atoms with E-state index >= 15 is 0 Å². The van der Waals surface area contributed by atoms with Gasteiger partial charge in [0.25, 0.3) is 0 Å². The van der Waals surface area contributed by atoms with Gasteiger partial charge in [0.1, 0.15) is 0 Å². The van der Waals surface area contributed by atoms with Crippen LogP contribution in [0.15, 0.2) is 30.3 Å². The van der Waals surface area contributed by atoms with Gasteiger partial charge in [-0.05, 0) is 36.8 Å². The largest absolute Gasteiger partial charge is 0.393 e. The predicted molar refractivity (Wildman–Crippen MR) is 75.3 cm³/mol. The Morgan fingerprint density at radius 1 is 1.28 bits per heavy atom. The molecule has 1 N–H and O–H groups in total. The van der Waals surface area contributed by atoms with Gasteiger partial charge in [-0.2, -0.15) is 0 Å². The van der Waals surface area contributed by atoms with Crippen LogP contribution in [0.4, 0.5) is 0 Å². The average Bonchev–Trinajstić information content (AvgIpc) is 2.78. The summed E-state index contributed by atoms with van der Waals surface area (Å²) < 4.78 is 0. The smallest absolute Gasteiger partial charge is 0.0583 e. The molecule has 2 heteroatoms. The molecule has 1 aliphatic heterocycles. The van der Waals surface area contributed by atoms with E-state index in [1.165, 1.54) is 5.56 Å². The monoisotopic (exact) mass is 247 g/mol. The minimum absolute atomic E-state index is 0.120. The third-order valence-corrected chi connectivity index (χ3v) is 3.81. The molecule has 1 aliphatic rings. The summed E-state index contributed by atoms with van der Waals surface area (Å²) in [5.74, 6) is 1.05. The highest BCUT2D eigenvalue weighted by molar-refractivity contribution is 5.14. The van der Waals surface area contributed by atoms with Crippen LogP contribution in [0.2, 0.25) is 0 Å². The number of hydrogen-bond donors (Lipinski definition) is 1. The number of hydrogen-bond acceptors (Lipinski definition) is 2. The lowest BCUT2D eigenvalue weighted by Gasteiger charge is -2.21. The fourth-order valence-corrected chi connectivity index (χ4v) is 2.84. The molecule has 1 heterocycles. The first-order valence-corrected chi connectivity index (χ1v) is 7.09. The molecule has 0 amide bonds. The van der Waals surface area contributed by atoms with E-state index in [1.54, 1.807) is 0 Å². The van der Waals surface area contributed by atoms with Gasteiger partial charge in [0, 0.05) is 13.1 Å². The Balaban J connectivity index is 1.81. The molecule has 0 unspecified atom stereocenters. The van der Waals surface area contributed by atoms with Crippen LogP contribution >= 0.6 is 0 Å². The molecule has 18 heavy (non-hydrogen) atoms. The Morgan fingerprint density at radius 2 is 2.00 bits per heavy atom. The molecule has 1 aromatic carbocycles. The average molecular weight is 247 g/mol. The van der Waals surface area contributed by atoms with Gasteiger partial charge in [-0.15, -0.1) is 0 Å². The molecule has 2 atom stereocenters. The number of rotatable bonds is 5. The maximum absolute atomic E-state index is 10.2. The Morgan fingerprint density at radius 3 is 2.67 bits per heavy atom. The highest BCUT2D eigenvalue weighted by Gasteiger charge is 2.28. The van der Waals surface area contributed by atoms with Gasteiger partial charge >= 0.3 is 0 Å². The van der Waals surface area contributed by atoms with Crippen molar-refractivity contribution in [2.45, 2.75) is 39.3 Å². The second-order valence-corrected chi connectivity index (χ2v) is 5.97. The first kappa shape index (κ1) is 13.6. The van der Waals surface area contributed by atoms with Crippen molar-refractivity contribution in [2.75, 3.05) is 13.1 Å². The van der Waals surface area contributed by atoms with Crippen molar-refractivity contribution in [1.82, 2.24) is 4.90 Å². The first-order valence-electron chi connectivity index (χ1n) is 7.09. The van der Waals surface area contributed by atoms with Crippen LogP contribution < -0.4 is 0 Å². The molecule has 0 aliphatic carbocycles. The Labute approximate surface area is 111 Å². The standard InChI is InChI=1S/C16H25NO/c1-13(2)10-16(18)15-8-9-17(12-15)11-14-6-4-3-5-7-14/h3-7,13,15-16,18H,8-12H2,1-2H3/t15-,16-/m0/s1. The summed E-state index contributed by atoms with van der Waals surface area (Å²) >= 11 is 0. The van der Waals surface area contributed by atoms with Crippen molar-refractivity contribution in [3.8, 4) is 0 Å². The highest BCUT2D eigenvalue weighted by Crippen LogP contribution is 2.24. The van der Waals surface area contributed by atoms with Gasteiger partial charge in [-0.25, -0.2) is 0 Å². The minimum Gasteiger partial charge on any atom is -0.393 e. The summed E-state index contributed by atoms with van der Waals surface area (Å²) in [5, 5.41) is 10.2. The van der Waals surface area contributed by atoms with Gasteiger partial charge in [-0.1, -0.05) is 44.2 Å². The zero-order valence-electron chi connectivity index (χ0n) is 11.5. The molecule has 100 valence electrons. The van der Waals surface area contributed by atoms with E-state index in [-0.39, 0.29) is 6.10 Å². The zero-order chi connectivity index (χ0) is 13.0. The van der Waals surface area contributed by atoms with Gasteiger partial charge in [0.05, 0.1) is 6.10 Å². The first-order chi connectivity index (χ1) is 8.65. The van der Waals surface area contributed by atoms with Crippen LogP contribution in [0, 0.1) is 11.8 Å². The lowest BCUT2D eigenvalue weighted by molar-refractivity contribution is 0.0887. The summed E-state index contributed by atoms with van der Waals surface area (Å²) in [4.78, 5) is 2.46. The maximum atomic E-state index is 10.2. The Bertz CT molecular complexity index is 349. The van der Waals surface area contributed by atoms with Gasteiger partial charge in [0.2, 0.25) is 0 Å². The van der Waals surface area contributed by atoms with E-state index in [0.717, 1.165) is 32.5 Å². The van der Waals surface area contributed by atoms with Crippen molar-refractivity contribution in [3.05, 3.63) is 35.9 Å². The number of nitrogens with zero attached hydrogens (tertiary/aromatic N) is 1. The van der Waals surface area contributed by atoms with Crippen LogP contribution in [0.1, 0.15) is 32.3 Å².